The molecule has 1 fully saturated rings. The molecule has 0 saturated carbocycles. The zero-order valence-corrected chi connectivity index (χ0v) is 10.5. The molecule has 0 spiro atoms. The maximum atomic E-state index is 5.93. The highest BCUT2D eigenvalue weighted by Gasteiger charge is 2.26. The van der Waals surface area contributed by atoms with Crippen molar-refractivity contribution in [1.29, 1.82) is 0 Å². The molecule has 2 N–H and O–H groups in total. The highest BCUT2D eigenvalue weighted by Crippen LogP contribution is 2.31. The molecule has 0 bridgehead atoms. The molecule has 2 heterocycles. The smallest absolute Gasteiger partial charge is 0.151 e. The van der Waals surface area contributed by atoms with E-state index in [0.29, 0.717) is 10.7 Å². The summed E-state index contributed by atoms with van der Waals surface area (Å²) in [5, 5.41) is 0.598. The molecule has 1 aromatic rings. The van der Waals surface area contributed by atoms with Crippen LogP contribution in [0.25, 0.3) is 0 Å². The Morgan fingerprint density at radius 1 is 1.56 bits per heavy atom. The summed E-state index contributed by atoms with van der Waals surface area (Å²) in [6.45, 7) is 6.64. The summed E-state index contributed by atoms with van der Waals surface area (Å²) in [5.74, 6) is 2.35. The molecule has 1 aromatic heterocycles. The van der Waals surface area contributed by atoms with Crippen LogP contribution in [0.15, 0.2) is 12.3 Å². The molecule has 1 atom stereocenters. The van der Waals surface area contributed by atoms with E-state index >= 15 is 0 Å². The van der Waals surface area contributed by atoms with E-state index in [1.165, 1.54) is 6.42 Å². The Kier molecular flexibility index (Phi) is 3.24. The molecular weight excluding hydrogens is 222 g/mol. The number of hydrogen-bond donors (Lipinski definition) is 1. The van der Waals surface area contributed by atoms with E-state index in [4.69, 9.17) is 17.3 Å². The van der Waals surface area contributed by atoms with Gasteiger partial charge in [0.2, 0.25) is 0 Å². The first-order valence-corrected chi connectivity index (χ1v) is 6.11. The average Bonchev–Trinajstić information content (AvgIpc) is 2.66. The first kappa shape index (κ1) is 11.5. The van der Waals surface area contributed by atoms with Crippen molar-refractivity contribution in [2.24, 2.45) is 11.8 Å². The Morgan fingerprint density at radius 2 is 2.31 bits per heavy atom. The lowest BCUT2D eigenvalue weighted by atomic mass is 9.95. The highest BCUT2D eigenvalue weighted by molar-refractivity contribution is 6.30. The van der Waals surface area contributed by atoms with Gasteiger partial charge in [-0.1, -0.05) is 25.4 Å². The molecule has 3 nitrogen and oxygen atoms in total. The summed E-state index contributed by atoms with van der Waals surface area (Å²) in [4.78, 5) is 6.58. The summed E-state index contributed by atoms with van der Waals surface area (Å²) in [6, 6.07) is 1.77. The minimum Gasteiger partial charge on any atom is -0.396 e. The van der Waals surface area contributed by atoms with Gasteiger partial charge in [-0.25, -0.2) is 4.98 Å². The van der Waals surface area contributed by atoms with Gasteiger partial charge < -0.3 is 10.6 Å². The Bertz CT molecular complexity index is 379. The van der Waals surface area contributed by atoms with Crippen LogP contribution in [-0.2, 0) is 0 Å². The maximum absolute atomic E-state index is 5.93. The SMILES string of the molecule is CC(C)C1CCN(c2ncc(Cl)cc2N)C1. The van der Waals surface area contributed by atoms with E-state index in [9.17, 15) is 0 Å². The van der Waals surface area contributed by atoms with Crippen molar-refractivity contribution in [3.8, 4) is 0 Å². The number of pyridine rings is 1. The molecule has 2 rings (SSSR count). The van der Waals surface area contributed by atoms with Crippen LogP contribution in [0.2, 0.25) is 5.02 Å². The van der Waals surface area contributed by atoms with Gasteiger partial charge in [0.1, 0.15) is 0 Å². The second-order valence-corrected chi connectivity index (χ2v) is 5.24. The van der Waals surface area contributed by atoms with Gasteiger partial charge >= 0.3 is 0 Å². The zero-order valence-electron chi connectivity index (χ0n) is 9.78. The molecule has 1 aliphatic heterocycles. The van der Waals surface area contributed by atoms with Crippen LogP contribution in [0.1, 0.15) is 20.3 Å². The highest BCUT2D eigenvalue weighted by atomic mass is 35.5. The fourth-order valence-corrected chi connectivity index (χ4v) is 2.40. The van der Waals surface area contributed by atoms with E-state index in [1.807, 2.05) is 0 Å². The van der Waals surface area contributed by atoms with Gasteiger partial charge in [0.15, 0.2) is 5.82 Å². The molecule has 16 heavy (non-hydrogen) atoms. The Labute approximate surface area is 102 Å². The number of anilines is 2. The van der Waals surface area contributed by atoms with Gasteiger partial charge in [0, 0.05) is 19.3 Å². The van der Waals surface area contributed by atoms with Crippen LogP contribution < -0.4 is 10.6 Å². The lowest BCUT2D eigenvalue weighted by molar-refractivity contribution is 0.422. The van der Waals surface area contributed by atoms with Crippen LogP contribution >= 0.6 is 11.6 Å². The predicted octanol–water partition coefficient (Wildman–Crippen LogP) is 2.80. The lowest BCUT2D eigenvalue weighted by Crippen LogP contribution is -2.23. The van der Waals surface area contributed by atoms with Crippen molar-refractivity contribution in [3.05, 3.63) is 17.3 Å². The molecule has 1 aliphatic rings. The fourth-order valence-electron chi connectivity index (χ4n) is 2.24. The number of halogens is 1. The minimum atomic E-state index is 0.598. The normalized spacial score (nSPS) is 20.8. The molecule has 0 radical (unpaired) electrons. The molecule has 1 unspecified atom stereocenters. The fraction of sp³-hybridized carbons (Fsp3) is 0.583. The van der Waals surface area contributed by atoms with Crippen molar-refractivity contribution in [2.45, 2.75) is 20.3 Å². The number of nitrogen functional groups attached to an aromatic ring is 1. The van der Waals surface area contributed by atoms with E-state index in [-0.39, 0.29) is 0 Å². The van der Waals surface area contributed by atoms with E-state index in [1.54, 1.807) is 12.3 Å². The molecule has 88 valence electrons. The predicted molar refractivity (Wildman–Crippen MR) is 68.8 cm³/mol. The largest absolute Gasteiger partial charge is 0.396 e. The molecule has 0 aromatic carbocycles. The second-order valence-electron chi connectivity index (χ2n) is 4.81. The minimum absolute atomic E-state index is 0.598. The van der Waals surface area contributed by atoms with Crippen LogP contribution in [0.5, 0.6) is 0 Å². The molecular formula is C12H18ClN3. The van der Waals surface area contributed by atoms with Crippen molar-refractivity contribution in [3.63, 3.8) is 0 Å². The molecule has 4 heteroatoms. The van der Waals surface area contributed by atoms with Gasteiger partial charge in [-0.05, 0) is 24.3 Å². The third-order valence-electron chi connectivity index (χ3n) is 3.33. The lowest BCUT2D eigenvalue weighted by Gasteiger charge is -2.20. The summed E-state index contributed by atoms with van der Waals surface area (Å²) in [7, 11) is 0. The summed E-state index contributed by atoms with van der Waals surface area (Å²) in [5.41, 5.74) is 6.61. The zero-order chi connectivity index (χ0) is 11.7. The number of rotatable bonds is 2. The Morgan fingerprint density at radius 3 is 2.88 bits per heavy atom. The first-order valence-electron chi connectivity index (χ1n) is 5.74. The van der Waals surface area contributed by atoms with Crippen LogP contribution in [0.4, 0.5) is 11.5 Å². The molecule has 1 saturated heterocycles. The van der Waals surface area contributed by atoms with Gasteiger partial charge in [-0.15, -0.1) is 0 Å². The Balaban J connectivity index is 2.14. The van der Waals surface area contributed by atoms with E-state index in [2.05, 4.69) is 23.7 Å². The topological polar surface area (TPSA) is 42.2 Å². The van der Waals surface area contributed by atoms with Gasteiger partial charge in [-0.2, -0.15) is 0 Å². The van der Waals surface area contributed by atoms with Crippen LogP contribution in [-0.4, -0.2) is 18.1 Å². The monoisotopic (exact) mass is 239 g/mol. The Hall–Kier alpha value is -0.960. The van der Waals surface area contributed by atoms with Crippen LogP contribution in [0, 0.1) is 11.8 Å². The number of hydrogen-bond acceptors (Lipinski definition) is 3. The average molecular weight is 240 g/mol. The number of nitrogens with zero attached hydrogens (tertiary/aromatic N) is 2. The van der Waals surface area contributed by atoms with Gasteiger partial charge in [0.05, 0.1) is 10.7 Å². The third-order valence-corrected chi connectivity index (χ3v) is 3.54. The number of nitrogens with two attached hydrogens (primary N) is 1. The van der Waals surface area contributed by atoms with Crippen molar-refractivity contribution < 1.29 is 0 Å². The first-order chi connectivity index (χ1) is 7.58. The quantitative estimate of drug-likeness (QED) is 0.863. The summed E-state index contributed by atoms with van der Waals surface area (Å²) in [6.07, 6.45) is 2.89. The second kappa shape index (κ2) is 4.50. The standard InChI is InChI=1S/C12H18ClN3/c1-8(2)9-3-4-16(7-9)12-11(14)5-10(13)6-15-12/h5-6,8-9H,3-4,7,14H2,1-2H3. The van der Waals surface area contributed by atoms with Crippen LogP contribution in [0.3, 0.4) is 0 Å². The van der Waals surface area contributed by atoms with Gasteiger partial charge in [-0.3, -0.25) is 0 Å². The van der Waals surface area contributed by atoms with Crippen molar-refractivity contribution in [2.75, 3.05) is 23.7 Å². The molecule has 0 amide bonds. The third kappa shape index (κ3) is 2.24. The number of aromatic nitrogens is 1. The van der Waals surface area contributed by atoms with E-state index in [0.717, 1.165) is 30.7 Å². The van der Waals surface area contributed by atoms with E-state index < -0.39 is 0 Å². The molecule has 0 aliphatic carbocycles. The maximum Gasteiger partial charge on any atom is 0.151 e. The summed E-state index contributed by atoms with van der Waals surface area (Å²) >= 11 is 5.84. The van der Waals surface area contributed by atoms with Crippen molar-refractivity contribution >= 4 is 23.1 Å². The van der Waals surface area contributed by atoms with Gasteiger partial charge in [0.25, 0.3) is 0 Å². The van der Waals surface area contributed by atoms with Crippen molar-refractivity contribution in [1.82, 2.24) is 4.98 Å². The summed E-state index contributed by atoms with van der Waals surface area (Å²) < 4.78 is 0.